The van der Waals surface area contributed by atoms with Gasteiger partial charge in [0.15, 0.2) is 5.76 Å². The van der Waals surface area contributed by atoms with Gasteiger partial charge in [0.2, 0.25) is 6.29 Å². The van der Waals surface area contributed by atoms with Gasteiger partial charge >= 0.3 is 0 Å². The van der Waals surface area contributed by atoms with Gasteiger partial charge in [-0.25, -0.2) is 4.39 Å². The zero-order chi connectivity index (χ0) is 18.4. The number of benzene rings is 1. The molecule has 26 heavy (non-hydrogen) atoms. The van der Waals surface area contributed by atoms with Crippen LogP contribution in [0.15, 0.2) is 36.1 Å². The molecule has 2 atom stereocenters. The molecule has 6 heteroatoms. The van der Waals surface area contributed by atoms with Gasteiger partial charge < -0.3 is 19.9 Å². The number of aliphatic hydroxyl groups excluding tert-OH is 1. The van der Waals surface area contributed by atoms with Gasteiger partial charge in [-0.1, -0.05) is 12.1 Å². The molecule has 1 fully saturated rings. The van der Waals surface area contributed by atoms with Crippen LogP contribution in [0.2, 0.25) is 0 Å². The second-order valence-corrected chi connectivity index (χ2v) is 6.87. The molecule has 1 saturated carbocycles. The fraction of sp³-hybridized carbons (Fsp3) is 0.550. The van der Waals surface area contributed by atoms with E-state index in [0.717, 1.165) is 31.2 Å². The van der Waals surface area contributed by atoms with E-state index in [2.05, 4.69) is 5.32 Å². The first-order valence-electron chi connectivity index (χ1n) is 9.33. The molecule has 1 heterocycles. The Hall–Kier alpha value is -1.92. The second kappa shape index (κ2) is 9.14. The number of carbonyl (C=O) groups excluding carboxylic acids is 1. The van der Waals surface area contributed by atoms with Crippen LogP contribution in [0.5, 0.6) is 0 Å². The first-order valence-corrected chi connectivity index (χ1v) is 9.33. The Balaban J connectivity index is 1.69. The Labute approximate surface area is 153 Å². The van der Waals surface area contributed by atoms with Gasteiger partial charge in [0.05, 0.1) is 6.61 Å². The number of unbranched alkanes of at least 4 members (excludes halogenated alkanes) is 1. The van der Waals surface area contributed by atoms with Crippen LogP contribution >= 0.6 is 0 Å². The van der Waals surface area contributed by atoms with Crippen molar-refractivity contribution in [1.82, 2.24) is 5.32 Å². The van der Waals surface area contributed by atoms with E-state index < -0.39 is 6.29 Å². The number of hydrogen-bond donors (Lipinski definition) is 2. The van der Waals surface area contributed by atoms with E-state index in [-0.39, 0.29) is 36.1 Å². The monoisotopic (exact) mass is 363 g/mol. The highest BCUT2D eigenvalue weighted by Gasteiger charge is 2.30. The minimum atomic E-state index is -0.532. The summed E-state index contributed by atoms with van der Waals surface area (Å²) in [6.07, 6.45) is 6.36. The molecule has 0 spiro atoms. The summed E-state index contributed by atoms with van der Waals surface area (Å²) in [4.78, 5) is 12.5. The zero-order valence-corrected chi connectivity index (χ0v) is 14.8. The molecule has 2 aliphatic rings. The molecular weight excluding hydrogens is 337 g/mol. The summed E-state index contributed by atoms with van der Waals surface area (Å²) < 4.78 is 24.7. The SMILES string of the molecule is O=C(NC1CCC1)C1=C[C@@H](c2ccc(F)cc2)C[C@@H](OCCCCO)O1. The van der Waals surface area contributed by atoms with Crippen molar-refractivity contribution >= 4 is 5.91 Å². The summed E-state index contributed by atoms with van der Waals surface area (Å²) in [6.45, 7) is 0.584. The first kappa shape index (κ1) is 18.9. The molecular formula is C20H26FNO4. The number of allylic oxidation sites excluding steroid dienone is 1. The van der Waals surface area contributed by atoms with Gasteiger partial charge in [-0.3, -0.25) is 4.79 Å². The van der Waals surface area contributed by atoms with Crippen molar-refractivity contribution < 1.29 is 23.8 Å². The topological polar surface area (TPSA) is 67.8 Å². The number of amides is 1. The summed E-state index contributed by atoms with van der Waals surface area (Å²) in [5, 5.41) is 11.8. The Morgan fingerprint density at radius 2 is 2.04 bits per heavy atom. The third-order valence-corrected chi connectivity index (χ3v) is 4.88. The molecule has 0 saturated heterocycles. The van der Waals surface area contributed by atoms with E-state index in [1.165, 1.54) is 12.1 Å². The molecule has 1 aromatic rings. The third kappa shape index (κ3) is 5.05. The summed E-state index contributed by atoms with van der Waals surface area (Å²) in [7, 11) is 0. The first-order chi connectivity index (χ1) is 12.7. The number of halogens is 1. The quantitative estimate of drug-likeness (QED) is 0.697. The van der Waals surface area contributed by atoms with E-state index in [1.54, 1.807) is 18.2 Å². The highest BCUT2D eigenvalue weighted by atomic mass is 19.1. The fourth-order valence-electron chi connectivity index (χ4n) is 3.10. The number of rotatable bonds is 8. The van der Waals surface area contributed by atoms with Crippen LogP contribution in [0, 0.1) is 5.82 Å². The van der Waals surface area contributed by atoms with Crippen LogP contribution in [0.4, 0.5) is 4.39 Å². The smallest absolute Gasteiger partial charge is 0.286 e. The minimum Gasteiger partial charge on any atom is -0.459 e. The van der Waals surface area contributed by atoms with E-state index in [1.807, 2.05) is 0 Å². The van der Waals surface area contributed by atoms with Crippen molar-refractivity contribution in [2.24, 2.45) is 0 Å². The standard InChI is InChI=1S/C20H26FNO4/c21-16-8-6-14(7-9-16)15-12-18(20(24)22-17-4-3-5-17)26-19(13-15)25-11-2-1-10-23/h6-9,12,15,17,19,23H,1-5,10-11,13H2,(H,22,24)/t15-,19+/m1/s1. The molecule has 0 bridgehead atoms. The average Bonchev–Trinajstić information content (AvgIpc) is 2.62. The largest absolute Gasteiger partial charge is 0.459 e. The number of carbonyl (C=O) groups is 1. The molecule has 0 unspecified atom stereocenters. The lowest BCUT2D eigenvalue weighted by Crippen LogP contribution is -2.42. The van der Waals surface area contributed by atoms with Crippen LogP contribution in [0.3, 0.4) is 0 Å². The van der Waals surface area contributed by atoms with Crippen molar-refractivity contribution in [2.45, 2.75) is 56.8 Å². The molecule has 1 aromatic carbocycles. The lowest BCUT2D eigenvalue weighted by molar-refractivity contribution is -0.147. The van der Waals surface area contributed by atoms with Gasteiger partial charge in [0.25, 0.3) is 5.91 Å². The fourth-order valence-corrected chi connectivity index (χ4v) is 3.10. The van der Waals surface area contributed by atoms with Crippen molar-refractivity contribution in [2.75, 3.05) is 13.2 Å². The maximum Gasteiger partial charge on any atom is 0.286 e. The number of ether oxygens (including phenoxy) is 2. The molecule has 1 amide bonds. The lowest BCUT2D eigenvalue weighted by Gasteiger charge is -2.31. The van der Waals surface area contributed by atoms with Gasteiger partial charge in [-0.05, 0) is 55.9 Å². The zero-order valence-electron chi connectivity index (χ0n) is 14.8. The summed E-state index contributed by atoms with van der Waals surface area (Å²) in [6, 6.07) is 6.52. The lowest BCUT2D eigenvalue weighted by atomic mass is 9.91. The molecule has 1 aliphatic carbocycles. The van der Waals surface area contributed by atoms with Gasteiger partial charge in [-0.2, -0.15) is 0 Å². The molecule has 1 aliphatic heterocycles. The van der Waals surface area contributed by atoms with Gasteiger partial charge in [-0.15, -0.1) is 0 Å². The van der Waals surface area contributed by atoms with E-state index in [0.29, 0.717) is 19.4 Å². The molecule has 142 valence electrons. The highest BCUT2D eigenvalue weighted by molar-refractivity contribution is 5.92. The summed E-state index contributed by atoms with van der Waals surface area (Å²) in [5.41, 5.74) is 0.924. The molecule has 2 N–H and O–H groups in total. The van der Waals surface area contributed by atoms with Crippen LogP contribution < -0.4 is 5.32 Å². The maximum absolute atomic E-state index is 13.2. The number of nitrogens with one attached hydrogen (secondary N) is 1. The third-order valence-electron chi connectivity index (χ3n) is 4.88. The van der Waals surface area contributed by atoms with Crippen molar-refractivity contribution in [3.8, 4) is 0 Å². The molecule has 0 aromatic heterocycles. The number of aliphatic hydroxyl groups is 1. The van der Waals surface area contributed by atoms with E-state index in [4.69, 9.17) is 14.6 Å². The average molecular weight is 363 g/mol. The minimum absolute atomic E-state index is 0.0747. The van der Waals surface area contributed by atoms with Crippen LogP contribution in [0.25, 0.3) is 0 Å². The Morgan fingerprint density at radius 1 is 1.27 bits per heavy atom. The van der Waals surface area contributed by atoms with Crippen molar-refractivity contribution in [3.63, 3.8) is 0 Å². The van der Waals surface area contributed by atoms with Gasteiger partial charge in [0.1, 0.15) is 5.82 Å². The predicted molar refractivity (Wildman–Crippen MR) is 94.8 cm³/mol. The van der Waals surface area contributed by atoms with Crippen molar-refractivity contribution in [3.05, 3.63) is 47.5 Å². The summed E-state index contributed by atoms with van der Waals surface area (Å²) >= 11 is 0. The normalized spacial score (nSPS) is 22.9. The van der Waals surface area contributed by atoms with Crippen LogP contribution in [-0.4, -0.2) is 36.6 Å². The summed E-state index contributed by atoms with van der Waals surface area (Å²) in [5.74, 6) is -0.311. The second-order valence-electron chi connectivity index (χ2n) is 6.87. The van der Waals surface area contributed by atoms with Crippen LogP contribution in [0.1, 0.15) is 50.0 Å². The van der Waals surface area contributed by atoms with Crippen LogP contribution in [-0.2, 0) is 14.3 Å². The number of hydrogen-bond acceptors (Lipinski definition) is 4. The molecule has 5 nitrogen and oxygen atoms in total. The Morgan fingerprint density at radius 3 is 2.69 bits per heavy atom. The maximum atomic E-state index is 13.2. The van der Waals surface area contributed by atoms with E-state index >= 15 is 0 Å². The van der Waals surface area contributed by atoms with E-state index in [9.17, 15) is 9.18 Å². The van der Waals surface area contributed by atoms with Gasteiger partial charge in [0, 0.05) is 25.0 Å². The Kier molecular flexibility index (Phi) is 6.63. The Bertz CT molecular complexity index is 627. The highest BCUT2D eigenvalue weighted by Crippen LogP contribution is 2.32. The molecule has 3 rings (SSSR count). The molecule has 0 radical (unpaired) electrons. The van der Waals surface area contributed by atoms with Crippen molar-refractivity contribution in [1.29, 1.82) is 0 Å². The predicted octanol–water partition coefficient (Wildman–Crippen LogP) is 3.00.